The molecule has 3 aromatic heterocycles. The van der Waals surface area contributed by atoms with Crippen molar-refractivity contribution in [3.05, 3.63) is 66.5 Å². The van der Waals surface area contributed by atoms with Gasteiger partial charge in [-0.05, 0) is 31.2 Å². The van der Waals surface area contributed by atoms with Crippen LogP contribution in [0, 0.1) is 0 Å². The van der Waals surface area contributed by atoms with Crippen LogP contribution in [-0.4, -0.2) is 32.8 Å². The first kappa shape index (κ1) is 17.3. The summed E-state index contributed by atoms with van der Waals surface area (Å²) >= 11 is 1.52. The van der Waals surface area contributed by atoms with Crippen LogP contribution in [0.5, 0.6) is 0 Å². The van der Waals surface area contributed by atoms with Gasteiger partial charge in [-0.15, -0.1) is 0 Å². The van der Waals surface area contributed by atoms with E-state index in [1.165, 1.54) is 25.2 Å². The highest BCUT2D eigenvalue weighted by Crippen LogP contribution is 2.37. The number of nitrogens with zero attached hydrogens (tertiary/aromatic N) is 4. The van der Waals surface area contributed by atoms with Gasteiger partial charge in [-0.1, -0.05) is 30.0 Å². The number of fused-ring (bicyclic) bond motifs is 1. The van der Waals surface area contributed by atoms with Crippen LogP contribution in [0.2, 0.25) is 0 Å². The zero-order valence-corrected chi connectivity index (χ0v) is 15.5. The quantitative estimate of drug-likeness (QED) is 0.293. The van der Waals surface area contributed by atoms with Gasteiger partial charge in [0, 0.05) is 0 Å². The van der Waals surface area contributed by atoms with E-state index in [1.807, 2.05) is 37.3 Å². The number of esters is 1. The first-order valence-corrected chi connectivity index (χ1v) is 9.14. The molecule has 0 aliphatic rings. The van der Waals surface area contributed by atoms with Gasteiger partial charge in [0.15, 0.2) is 5.65 Å². The fourth-order valence-electron chi connectivity index (χ4n) is 2.68. The number of ether oxygens (including phenoxy) is 1. The van der Waals surface area contributed by atoms with E-state index in [0.717, 1.165) is 21.7 Å². The molecule has 0 saturated heterocycles. The lowest BCUT2D eigenvalue weighted by Crippen LogP contribution is -1.98. The smallest absolute Gasteiger partial charge is 0.373 e. The standard InChI is InChI=1S/C19H16N4O3S/c1-12(15-8-9-16(26-15)19(24)25-2)27-18-14-10-22-23(17(14)20-11-21-18)13-6-4-3-5-7-13/h3-12H,1-2H3/t12-/m0/s1. The van der Waals surface area contributed by atoms with E-state index < -0.39 is 5.97 Å². The van der Waals surface area contributed by atoms with Crippen LogP contribution in [0.3, 0.4) is 0 Å². The van der Waals surface area contributed by atoms with Crippen LogP contribution in [-0.2, 0) is 4.74 Å². The number of carbonyl (C=O) groups excluding carboxylic acids is 1. The van der Waals surface area contributed by atoms with Gasteiger partial charge in [-0.25, -0.2) is 19.4 Å². The van der Waals surface area contributed by atoms with Gasteiger partial charge in [0.05, 0.1) is 29.6 Å². The predicted molar refractivity (Wildman–Crippen MR) is 101 cm³/mol. The SMILES string of the molecule is COC(=O)c1ccc([C@H](C)Sc2ncnc3c2cnn3-c2ccccc2)o1. The van der Waals surface area contributed by atoms with E-state index >= 15 is 0 Å². The molecule has 4 rings (SSSR count). The van der Waals surface area contributed by atoms with E-state index in [0.29, 0.717) is 5.76 Å². The number of hydrogen-bond acceptors (Lipinski definition) is 7. The lowest BCUT2D eigenvalue weighted by Gasteiger charge is -2.08. The van der Waals surface area contributed by atoms with Gasteiger partial charge in [0.2, 0.25) is 5.76 Å². The van der Waals surface area contributed by atoms with E-state index in [-0.39, 0.29) is 11.0 Å². The van der Waals surface area contributed by atoms with Crippen LogP contribution in [0.25, 0.3) is 16.7 Å². The third-order valence-corrected chi connectivity index (χ3v) is 5.17. The normalized spacial score (nSPS) is 12.2. The van der Waals surface area contributed by atoms with Crippen LogP contribution >= 0.6 is 11.8 Å². The van der Waals surface area contributed by atoms with Gasteiger partial charge in [0.1, 0.15) is 17.1 Å². The number of thioether (sulfide) groups is 1. The van der Waals surface area contributed by atoms with Gasteiger partial charge in [-0.3, -0.25) is 0 Å². The van der Waals surface area contributed by atoms with Crippen molar-refractivity contribution >= 4 is 28.8 Å². The maximum Gasteiger partial charge on any atom is 0.373 e. The van der Waals surface area contributed by atoms with Gasteiger partial charge in [0.25, 0.3) is 0 Å². The fourth-order valence-corrected chi connectivity index (χ4v) is 3.64. The maximum absolute atomic E-state index is 11.6. The zero-order chi connectivity index (χ0) is 18.8. The second kappa shape index (κ2) is 7.24. The summed E-state index contributed by atoms with van der Waals surface area (Å²) in [6.45, 7) is 1.99. The molecular formula is C19H16N4O3S. The number of carbonyl (C=O) groups is 1. The Hall–Kier alpha value is -3.13. The molecule has 0 aliphatic carbocycles. The van der Waals surface area contributed by atoms with E-state index in [4.69, 9.17) is 4.42 Å². The second-order valence-corrected chi connectivity index (χ2v) is 7.09. The predicted octanol–water partition coefficient (Wildman–Crippen LogP) is 4.05. The summed E-state index contributed by atoms with van der Waals surface area (Å²) in [7, 11) is 1.32. The third-order valence-electron chi connectivity index (χ3n) is 4.03. The first-order chi connectivity index (χ1) is 13.2. The fraction of sp³-hybridized carbons (Fsp3) is 0.158. The van der Waals surface area contributed by atoms with E-state index in [2.05, 4.69) is 19.8 Å². The van der Waals surface area contributed by atoms with E-state index in [9.17, 15) is 4.79 Å². The summed E-state index contributed by atoms with van der Waals surface area (Å²) < 4.78 is 12.1. The maximum atomic E-state index is 11.6. The zero-order valence-electron chi connectivity index (χ0n) is 14.7. The largest absolute Gasteiger partial charge is 0.463 e. The number of methoxy groups -OCH3 is 1. The molecule has 0 spiro atoms. The molecule has 1 atom stereocenters. The number of para-hydroxylation sites is 1. The Morgan fingerprint density at radius 3 is 2.78 bits per heavy atom. The van der Waals surface area contributed by atoms with Crippen molar-refractivity contribution in [2.24, 2.45) is 0 Å². The van der Waals surface area contributed by atoms with Crippen molar-refractivity contribution in [1.29, 1.82) is 0 Å². The molecule has 0 fully saturated rings. The average Bonchev–Trinajstić information content (AvgIpc) is 3.36. The van der Waals surface area contributed by atoms with Crippen LogP contribution in [0.4, 0.5) is 0 Å². The lowest BCUT2D eigenvalue weighted by molar-refractivity contribution is 0.0563. The van der Waals surface area contributed by atoms with Crippen molar-refractivity contribution in [3.63, 3.8) is 0 Å². The highest BCUT2D eigenvalue weighted by atomic mass is 32.2. The molecule has 8 heteroatoms. The summed E-state index contributed by atoms with van der Waals surface area (Å²) in [4.78, 5) is 20.4. The average molecular weight is 380 g/mol. The number of hydrogen-bond donors (Lipinski definition) is 0. The number of rotatable bonds is 5. The molecule has 0 radical (unpaired) electrons. The summed E-state index contributed by atoms with van der Waals surface area (Å²) in [6.07, 6.45) is 3.29. The molecular weight excluding hydrogens is 364 g/mol. The molecule has 1 aromatic carbocycles. The molecule has 0 saturated carbocycles. The van der Waals surface area contributed by atoms with E-state index in [1.54, 1.807) is 23.0 Å². The van der Waals surface area contributed by atoms with Crippen molar-refractivity contribution in [3.8, 4) is 5.69 Å². The number of benzene rings is 1. The summed E-state index contributed by atoms with van der Waals surface area (Å²) in [6, 6.07) is 13.2. The molecule has 0 bridgehead atoms. The summed E-state index contributed by atoms with van der Waals surface area (Å²) in [5.74, 6) is 0.360. The molecule has 0 N–H and O–H groups in total. The monoisotopic (exact) mass is 380 g/mol. The van der Waals surface area contributed by atoms with Crippen molar-refractivity contribution < 1.29 is 13.9 Å². The molecule has 4 aromatic rings. The Labute approximate surface area is 159 Å². The topological polar surface area (TPSA) is 83.0 Å². The summed E-state index contributed by atoms with van der Waals surface area (Å²) in [5.41, 5.74) is 1.67. The molecule has 27 heavy (non-hydrogen) atoms. The highest BCUT2D eigenvalue weighted by Gasteiger charge is 2.19. The minimum atomic E-state index is -0.494. The van der Waals surface area contributed by atoms with Gasteiger partial charge >= 0.3 is 5.97 Å². The minimum absolute atomic E-state index is 0.0541. The molecule has 0 unspecified atom stereocenters. The van der Waals surface area contributed by atoms with Crippen LogP contribution < -0.4 is 0 Å². The Bertz CT molecular complexity index is 1090. The highest BCUT2D eigenvalue weighted by molar-refractivity contribution is 7.99. The molecule has 0 amide bonds. The van der Waals surface area contributed by atoms with Crippen molar-refractivity contribution in [2.45, 2.75) is 17.2 Å². The Balaban J connectivity index is 1.64. The van der Waals surface area contributed by atoms with Crippen LogP contribution in [0.15, 0.2) is 64.4 Å². The third kappa shape index (κ3) is 3.31. The van der Waals surface area contributed by atoms with Crippen molar-refractivity contribution in [1.82, 2.24) is 19.7 Å². The Morgan fingerprint density at radius 1 is 1.19 bits per heavy atom. The minimum Gasteiger partial charge on any atom is -0.463 e. The number of furan rings is 1. The molecule has 7 nitrogen and oxygen atoms in total. The molecule has 136 valence electrons. The van der Waals surface area contributed by atoms with Gasteiger partial charge in [-0.2, -0.15) is 5.10 Å². The second-order valence-electron chi connectivity index (χ2n) is 5.76. The lowest BCUT2D eigenvalue weighted by atomic mass is 10.3. The van der Waals surface area contributed by atoms with Crippen LogP contribution in [0.1, 0.15) is 28.5 Å². The number of aromatic nitrogens is 4. The Morgan fingerprint density at radius 2 is 2.00 bits per heavy atom. The summed E-state index contributed by atoms with van der Waals surface area (Å²) in [5, 5.41) is 6.06. The first-order valence-electron chi connectivity index (χ1n) is 8.26. The van der Waals surface area contributed by atoms with Crippen molar-refractivity contribution in [2.75, 3.05) is 7.11 Å². The van der Waals surface area contributed by atoms with Gasteiger partial charge < -0.3 is 9.15 Å². The Kier molecular flexibility index (Phi) is 4.64. The molecule has 3 heterocycles. The molecule has 0 aliphatic heterocycles.